The number of piperazine rings is 1. The summed E-state index contributed by atoms with van der Waals surface area (Å²) in [4.78, 5) is 18.8. The van der Waals surface area contributed by atoms with E-state index in [0.717, 1.165) is 57.2 Å². The van der Waals surface area contributed by atoms with E-state index in [0.29, 0.717) is 6.04 Å². The van der Waals surface area contributed by atoms with Gasteiger partial charge in [-0.25, -0.2) is 15.0 Å². The Kier molecular flexibility index (Phi) is 4.51. The molecule has 0 bridgehead atoms. The van der Waals surface area contributed by atoms with Crippen molar-refractivity contribution >= 4 is 27.5 Å². The van der Waals surface area contributed by atoms with Gasteiger partial charge in [-0.3, -0.25) is 4.90 Å². The molecule has 0 saturated carbocycles. The highest BCUT2D eigenvalue weighted by molar-refractivity contribution is 7.16. The number of anilines is 1. The Morgan fingerprint density at radius 1 is 1.15 bits per heavy atom. The second-order valence-electron chi connectivity index (χ2n) is 7.35. The second kappa shape index (κ2) is 7.14. The van der Waals surface area contributed by atoms with Gasteiger partial charge in [-0.05, 0) is 24.6 Å². The summed E-state index contributed by atoms with van der Waals surface area (Å²) in [5.41, 5.74) is 6.84. The minimum Gasteiger partial charge on any atom is -0.338 e. The summed E-state index contributed by atoms with van der Waals surface area (Å²) in [6, 6.07) is 7.08. The van der Waals surface area contributed by atoms with Crippen LogP contribution in [-0.2, 0) is 13.0 Å². The average Bonchev–Trinajstić information content (AvgIpc) is 3.21. The van der Waals surface area contributed by atoms with Crippen molar-refractivity contribution in [3.8, 4) is 0 Å². The third-order valence-electron chi connectivity index (χ3n) is 5.78. The number of hydrogen-bond donors (Lipinski definition) is 1. The maximum absolute atomic E-state index is 4.84. The van der Waals surface area contributed by atoms with Crippen molar-refractivity contribution in [1.82, 2.24) is 25.2 Å². The van der Waals surface area contributed by atoms with Crippen LogP contribution in [0.15, 0.2) is 29.9 Å². The van der Waals surface area contributed by atoms with Crippen molar-refractivity contribution in [1.29, 1.82) is 0 Å². The third-order valence-corrected chi connectivity index (χ3v) is 6.59. The molecule has 3 aromatic rings. The largest absolute Gasteiger partial charge is 0.338 e. The molecule has 140 valence electrons. The zero-order valence-corrected chi connectivity index (χ0v) is 16.4. The minimum atomic E-state index is 0.397. The minimum absolute atomic E-state index is 0.397. The Morgan fingerprint density at radius 2 is 2.04 bits per heavy atom. The van der Waals surface area contributed by atoms with Crippen molar-refractivity contribution in [3.05, 3.63) is 46.7 Å². The summed E-state index contributed by atoms with van der Waals surface area (Å²) in [5.74, 6) is 0.895. The van der Waals surface area contributed by atoms with E-state index in [1.807, 2.05) is 11.7 Å². The van der Waals surface area contributed by atoms with Gasteiger partial charge in [-0.1, -0.05) is 6.07 Å². The van der Waals surface area contributed by atoms with Crippen molar-refractivity contribution in [2.24, 2.45) is 0 Å². The highest BCUT2D eigenvalue weighted by Crippen LogP contribution is 2.27. The molecule has 1 atom stereocenters. The molecule has 2 aliphatic heterocycles. The van der Waals surface area contributed by atoms with Crippen LogP contribution in [0.3, 0.4) is 0 Å². The monoisotopic (exact) mass is 380 g/mol. The van der Waals surface area contributed by atoms with Gasteiger partial charge < -0.3 is 10.2 Å². The molecular formula is C20H24N6S. The molecule has 1 N–H and O–H groups in total. The first-order valence-electron chi connectivity index (χ1n) is 9.65. The Balaban J connectivity index is 1.27. The second-order valence-corrected chi connectivity index (χ2v) is 8.23. The highest BCUT2D eigenvalue weighted by Gasteiger charge is 2.24. The zero-order chi connectivity index (χ0) is 18.2. The van der Waals surface area contributed by atoms with E-state index in [1.165, 1.54) is 21.5 Å². The molecule has 0 spiro atoms. The number of nitrogens with zero attached hydrogens (tertiary/aromatic N) is 5. The van der Waals surface area contributed by atoms with Gasteiger partial charge in [0.05, 0.1) is 21.4 Å². The van der Waals surface area contributed by atoms with Crippen LogP contribution >= 0.6 is 11.3 Å². The SMILES string of the molecule is CC(c1ccc2scnc2c1)N1CCN(c2ncc3c(n2)CCNC3)CC1. The van der Waals surface area contributed by atoms with Gasteiger partial charge in [0.25, 0.3) is 0 Å². The van der Waals surface area contributed by atoms with Crippen LogP contribution in [0.5, 0.6) is 0 Å². The van der Waals surface area contributed by atoms with Gasteiger partial charge >= 0.3 is 0 Å². The van der Waals surface area contributed by atoms with Gasteiger partial charge in [-0.15, -0.1) is 11.3 Å². The first-order chi connectivity index (χ1) is 13.3. The number of fused-ring (bicyclic) bond motifs is 2. The number of aromatic nitrogens is 3. The molecule has 0 radical (unpaired) electrons. The maximum atomic E-state index is 4.84. The molecule has 2 aliphatic rings. The molecule has 0 amide bonds. The van der Waals surface area contributed by atoms with E-state index in [-0.39, 0.29) is 0 Å². The van der Waals surface area contributed by atoms with Crippen LogP contribution in [-0.4, -0.2) is 52.6 Å². The van der Waals surface area contributed by atoms with Crippen molar-refractivity contribution in [2.45, 2.75) is 25.9 Å². The maximum Gasteiger partial charge on any atom is 0.225 e. The van der Waals surface area contributed by atoms with E-state index in [4.69, 9.17) is 4.98 Å². The number of hydrogen-bond acceptors (Lipinski definition) is 7. The molecule has 4 heterocycles. The van der Waals surface area contributed by atoms with E-state index in [2.05, 4.69) is 50.2 Å². The van der Waals surface area contributed by atoms with Gasteiger partial charge in [0.15, 0.2) is 0 Å². The molecule has 7 heteroatoms. The van der Waals surface area contributed by atoms with E-state index in [1.54, 1.807) is 11.3 Å². The lowest BCUT2D eigenvalue weighted by molar-refractivity contribution is 0.198. The number of rotatable bonds is 3. The molecular weight excluding hydrogens is 356 g/mol. The van der Waals surface area contributed by atoms with Crippen LogP contribution < -0.4 is 10.2 Å². The number of nitrogens with one attached hydrogen (secondary N) is 1. The molecule has 5 rings (SSSR count). The number of benzene rings is 1. The van der Waals surface area contributed by atoms with Gasteiger partial charge in [-0.2, -0.15) is 0 Å². The zero-order valence-electron chi connectivity index (χ0n) is 15.6. The summed E-state index contributed by atoms with van der Waals surface area (Å²) in [6.45, 7) is 8.20. The van der Waals surface area contributed by atoms with Crippen molar-refractivity contribution < 1.29 is 0 Å². The summed E-state index contributed by atoms with van der Waals surface area (Å²) < 4.78 is 1.26. The van der Waals surface area contributed by atoms with Gasteiger partial charge in [0.2, 0.25) is 5.95 Å². The predicted molar refractivity (Wildman–Crippen MR) is 109 cm³/mol. The molecule has 0 aliphatic carbocycles. The van der Waals surface area contributed by atoms with Gasteiger partial charge in [0.1, 0.15) is 0 Å². The van der Waals surface area contributed by atoms with Crippen LogP contribution in [0.25, 0.3) is 10.2 Å². The normalized spacial score (nSPS) is 19.2. The van der Waals surface area contributed by atoms with Crippen molar-refractivity contribution in [2.75, 3.05) is 37.6 Å². The topological polar surface area (TPSA) is 57.2 Å². The molecule has 1 fully saturated rings. The Morgan fingerprint density at radius 3 is 2.93 bits per heavy atom. The molecule has 1 aromatic carbocycles. The fourth-order valence-electron chi connectivity index (χ4n) is 4.03. The first kappa shape index (κ1) is 17.0. The Hall–Kier alpha value is -2.09. The third kappa shape index (κ3) is 3.31. The predicted octanol–water partition coefficient (Wildman–Crippen LogP) is 2.62. The molecule has 1 unspecified atom stereocenters. The van der Waals surface area contributed by atoms with Crippen LogP contribution in [0.4, 0.5) is 5.95 Å². The Bertz CT molecular complexity index is 947. The lowest BCUT2D eigenvalue weighted by Gasteiger charge is -2.38. The van der Waals surface area contributed by atoms with E-state index in [9.17, 15) is 0 Å². The standard InChI is InChI=1S/C20H24N6S/c1-14(15-2-3-19-18(10-15)23-13-27-19)25-6-8-26(9-7-25)20-22-12-16-11-21-5-4-17(16)24-20/h2-3,10,12-14,21H,4-9,11H2,1H3. The highest BCUT2D eigenvalue weighted by atomic mass is 32.1. The van der Waals surface area contributed by atoms with Crippen LogP contribution in [0.1, 0.15) is 29.8 Å². The van der Waals surface area contributed by atoms with Gasteiger partial charge in [0, 0.05) is 63.5 Å². The molecule has 1 saturated heterocycles. The molecule has 2 aromatic heterocycles. The lowest BCUT2D eigenvalue weighted by Crippen LogP contribution is -2.47. The smallest absolute Gasteiger partial charge is 0.225 e. The Labute approximate surface area is 163 Å². The lowest BCUT2D eigenvalue weighted by atomic mass is 10.1. The summed E-state index contributed by atoms with van der Waals surface area (Å²) >= 11 is 1.70. The number of thiazole rings is 1. The van der Waals surface area contributed by atoms with Crippen LogP contribution in [0.2, 0.25) is 0 Å². The van der Waals surface area contributed by atoms with Crippen molar-refractivity contribution in [3.63, 3.8) is 0 Å². The quantitative estimate of drug-likeness (QED) is 0.754. The summed E-state index contributed by atoms with van der Waals surface area (Å²) in [6.07, 6.45) is 3.00. The summed E-state index contributed by atoms with van der Waals surface area (Å²) in [7, 11) is 0. The van der Waals surface area contributed by atoms with Crippen LogP contribution in [0, 0.1) is 0 Å². The molecule has 6 nitrogen and oxygen atoms in total. The fraction of sp³-hybridized carbons (Fsp3) is 0.450. The average molecular weight is 381 g/mol. The van der Waals surface area contributed by atoms with E-state index >= 15 is 0 Å². The van der Waals surface area contributed by atoms with E-state index < -0.39 is 0 Å². The fourth-order valence-corrected chi connectivity index (χ4v) is 4.69. The first-order valence-corrected chi connectivity index (χ1v) is 10.5. The molecule has 27 heavy (non-hydrogen) atoms. The summed E-state index contributed by atoms with van der Waals surface area (Å²) in [5, 5.41) is 3.38.